The Balaban J connectivity index is 3.04. The van der Waals surface area contributed by atoms with Crippen molar-refractivity contribution >= 4 is 11.3 Å². The van der Waals surface area contributed by atoms with E-state index in [1.807, 2.05) is 0 Å². The molecule has 0 unspecified atom stereocenters. The monoisotopic (exact) mass is 248 g/mol. The van der Waals surface area contributed by atoms with Crippen molar-refractivity contribution in [3.05, 3.63) is 43.4 Å². The lowest BCUT2D eigenvalue weighted by Crippen LogP contribution is -2.30. The zero-order valence-electron chi connectivity index (χ0n) is 10.2. The van der Waals surface area contributed by atoms with E-state index < -0.39 is 5.63 Å². The molecule has 0 spiro atoms. The summed E-state index contributed by atoms with van der Waals surface area (Å²) in [5, 5.41) is 9.43. The predicted octanol–water partition coefficient (Wildman–Crippen LogP) is 0.574. The Hall–Kier alpha value is -2.30. The van der Waals surface area contributed by atoms with Gasteiger partial charge in [0.05, 0.1) is 5.22 Å². The van der Waals surface area contributed by atoms with Crippen LogP contribution < -0.4 is 21.7 Å². The van der Waals surface area contributed by atoms with Crippen LogP contribution in [0.5, 0.6) is 0 Å². The average molecular weight is 248 g/mol. The van der Waals surface area contributed by atoms with Gasteiger partial charge in [-0.2, -0.15) is 0 Å². The van der Waals surface area contributed by atoms with Crippen molar-refractivity contribution in [2.45, 2.75) is 20.8 Å². The smallest absolute Gasteiger partial charge is 0.379 e. The number of rotatable bonds is 0. The molecule has 0 amide bonds. The van der Waals surface area contributed by atoms with Gasteiger partial charge >= 0.3 is 5.63 Å². The lowest BCUT2D eigenvalue weighted by molar-refractivity contribution is 0.401. The van der Waals surface area contributed by atoms with E-state index in [-0.39, 0.29) is 33.3 Å². The number of aliphatic hydroxyl groups excluding tert-OH is 1. The molecule has 0 radical (unpaired) electrons. The maximum atomic E-state index is 11.7. The van der Waals surface area contributed by atoms with Crippen LogP contribution in [-0.2, 0) is 0 Å². The molecule has 1 heterocycles. The Morgan fingerprint density at radius 3 is 2.22 bits per heavy atom. The van der Waals surface area contributed by atoms with Crippen molar-refractivity contribution < 1.29 is 13.9 Å². The molecule has 1 aliphatic heterocycles. The molecule has 0 aromatic carbocycles. The van der Waals surface area contributed by atoms with Crippen LogP contribution in [-0.4, -0.2) is 5.11 Å². The summed E-state index contributed by atoms with van der Waals surface area (Å²) in [6, 6.07) is 2.49. The van der Waals surface area contributed by atoms with Crippen LogP contribution >= 0.6 is 0 Å². The number of benzene rings is 1. The van der Waals surface area contributed by atoms with E-state index in [9.17, 15) is 14.7 Å². The minimum atomic E-state index is -0.609. The van der Waals surface area contributed by atoms with E-state index in [2.05, 4.69) is 0 Å². The molecule has 0 saturated heterocycles. The van der Waals surface area contributed by atoms with E-state index in [0.29, 0.717) is 5.57 Å². The fourth-order valence-electron chi connectivity index (χ4n) is 1.59. The van der Waals surface area contributed by atoms with Gasteiger partial charge in [-0.25, -0.2) is 4.79 Å². The van der Waals surface area contributed by atoms with E-state index >= 15 is 0 Å². The molecule has 1 aliphatic carbocycles. The van der Waals surface area contributed by atoms with Crippen LogP contribution in [0.3, 0.4) is 0 Å². The average Bonchev–Trinajstić information content (AvgIpc) is 2.27. The van der Waals surface area contributed by atoms with Gasteiger partial charge in [0, 0.05) is 6.07 Å². The van der Waals surface area contributed by atoms with Crippen molar-refractivity contribution in [3.8, 4) is 11.5 Å². The first-order valence-electron chi connectivity index (χ1n) is 5.35. The van der Waals surface area contributed by atoms with Crippen LogP contribution in [0.25, 0.3) is 22.9 Å². The van der Waals surface area contributed by atoms with E-state index in [1.54, 1.807) is 13.8 Å². The SMILES string of the molecule is CC(C)=c1oc2cc(=O)/c(=C(/C)O)cc-2oc1=O. The van der Waals surface area contributed by atoms with Gasteiger partial charge in [-0.05, 0) is 32.4 Å². The highest BCUT2D eigenvalue weighted by Crippen LogP contribution is 2.13. The first-order valence-corrected chi connectivity index (χ1v) is 5.35. The molecular weight excluding hydrogens is 236 g/mol. The second kappa shape index (κ2) is 4.18. The summed E-state index contributed by atoms with van der Waals surface area (Å²) in [6.07, 6.45) is 0. The van der Waals surface area contributed by atoms with Crippen LogP contribution in [0.15, 0.2) is 30.6 Å². The molecule has 0 aromatic heterocycles. The zero-order chi connectivity index (χ0) is 13.4. The first kappa shape index (κ1) is 12.2. The molecule has 0 atom stereocenters. The van der Waals surface area contributed by atoms with E-state index in [0.717, 1.165) is 0 Å². The molecule has 94 valence electrons. The van der Waals surface area contributed by atoms with Gasteiger partial charge in [0.2, 0.25) is 5.42 Å². The topological polar surface area (TPSA) is 80.7 Å². The van der Waals surface area contributed by atoms with Gasteiger partial charge in [0.1, 0.15) is 5.76 Å². The summed E-state index contributed by atoms with van der Waals surface area (Å²) < 4.78 is 10.4. The van der Waals surface area contributed by atoms with E-state index in [4.69, 9.17) is 8.83 Å². The van der Waals surface area contributed by atoms with Crippen LogP contribution in [0.1, 0.15) is 20.8 Å². The molecule has 0 saturated carbocycles. The summed E-state index contributed by atoms with van der Waals surface area (Å²) in [7, 11) is 0. The maximum absolute atomic E-state index is 11.7. The quantitative estimate of drug-likeness (QED) is 0.737. The second-order valence-electron chi connectivity index (χ2n) is 4.20. The number of hydrogen-bond donors (Lipinski definition) is 1. The Morgan fingerprint density at radius 2 is 1.67 bits per heavy atom. The fraction of sp³-hybridized carbons (Fsp3) is 0.231. The number of hydrogen-bond acceptors (Lipinski definition) is 5. The Bertz CT molecular complexity index is 728. The van der Waals surface area contributed by atoms with Crippen molar-refractivity contribution in [2.75, 3.05) is 0 Å². The van der Waals surface area contributed by atoms with Crippen molar-refractivity contribution in [1.82, 2.24) is 0 Å². The Morgan fingerprint density at radius 1 is 1.06 bits per heavy atom. The standard InChI is InChI=1S/C13H12O5/c1-6(2)12-13(16)18-10-4-8(7(3)14)9(15)5-11(10)17-12/h4-5,14H,1-3H3/b8-7-. The Labute approximate surface area is 102 Å². The molecule has 2 aliphatic rings. The molecule has 0 bridgehead atoms. The normalized spacial score (nSPS) is 12.6. The van der Waals surface area contributed by atoms with Crippen LogP contribution in [0.4, 0.5) is 0 Å². The fourth-order valence-corrected chi connectivity index (χ4v) is 1.59. The third-order valence-electron chi connectivity index (χ3n) is 2.49. The van der Waals surface area contributed by atoms with Crippen molar-refractivity contribution in [1.29, 1.82) is 0 Å². The minimum Gasteiger partial charge on any atom is -0.512 e. The Kier molecular flexibility index (Phi) is 2.82. The van der Waals surface area contributed by atoms with Crippen molar-refractivity contribution in [2.24, 2.45) is 0 Å². The third kappa shape index (κ3) is 1.95. The lowest BCUT2D eigenvalue weighted by atomic mass is 10.2. The third-order valence-corrected chi connectivity index (χ3v) is 2.49. The molecule has 5 heteroatoms. The summed E-state index contributed by atoms with van der Waals surface area (Å²) in [6.45, 7) is 4.80. The molecular formula is C13H12O5. The molecule has 0 aromatic rings. The highest BCUT2D eigenvalue weighted by Gasteiger charge is 2.12. The van der Waals surface area contributed by atoms with Gasteiger partial charge in [-0.15, -0.1) is 0 Å². The summed E-state index contributed by atoms with van der Waals surface area (Å²) >= 11 is 0. The lowest BCUT2D eigenvalue weighted by Gasteiger charge is -2.02. The predicted molar refractivity (Wildman–Crippen MR) is 65.9 cm³/mol. The second-order valence-corrected chi connectivity index (χ2v) is 4.20. The summed E-state index contributed by atoms with van der Waals surface area (Å²) in [4.78, 5) is 23.3. The number of fused-ring (bicyclic) bond motifs is 1. The summed E-state index contributed by atoms with van der Waals surface area (Å²) in [5.41, 5.74) is -0.256. The van der Waals surface area contributed by atoms with Crippen LogP contribution in [0.2, 0.25) is 0 Å². The van der Waals surface area contributed by atoms with Gasteiger partial charge in [-0.1, -0.05) is 0 Å². The van der Waals surface area contributed by atoms with Crippen LogP contribution in [0, 0.1) is 0 Å². The van der Waals surface area contributed by atoms with Gasteiger partial charge in [0.25, 0.3) is 0 Å². The number of aliphatic hydroxyl groups is 1. The van der Waals surface area contributed by atoms with Gasteiger partial charge < -0.3 is 13.9 Å². The zero-order valence-corrected chi connectivity index (χ0v) is 10.2. The highest BCUT2D eigenvalue weighted by molar-refractivity contribution is 5.52. The van der Waals surface area contributed by atoms with Gasteiger partial charge in [-0.3, -0.25) is 4.79 Å². The molecule has 2 rings (SSSR count). The molecule has 18 heavy (non-hydrogen) atoms. The first-order chi connectivity index (χ1) is 8.40. The van der Waals surface area contributed by atoms with Gasteiger partial charge in [0.15, 0.2) is 16.9 Å². The molecule has 0 fully saturated rings. The highest BCUT2D eigenvalue weighted by atomic mass is 16.4. The van der Waals surface area contributed by atoms with E-state index in [1.165, 1.54) is 19.1 Å². The largest absolute Gasteiger partial charge is 0.512 e. The molecule has 5 nitrogen and oxygen atoms in total. The maximum Gasteiger partial charge on any atom is 0.379 e. The molecule has 1 N–H and O–H groups in total. The summed E-state index contributed by atoms with van der Waals surface area (Å²) in [5.74, 6) is 0.181. The van der Waals surface area contributed by atoms with Crippen molar-refractivity contribution in [3.63, 3.8) is 0 Å². The minimum absolute atomic E-state index is 0.0827.